The molecule has 4 nitrogen and oxygen atoms in total. The highest BCUT2D eigenvalue weighted by Crippen LogP contribution is 2.35. The summed E-state index contributed by atoms with van der Waals surface area (Å²) in [6.45, 7) is 2.22. The molecule has 0 bridgehead atoms. The number of hydrogen-bond donors (Lipinski definition) is 1. The fraction of sp³-hybridized carbons (Fsp3) is 0.444. The Hall–Kier alpha value is -1.45. The van der Waals surface area contributed by atoms with Crippen LogP contribution in [0.4, 0.5) is 5.95 Å². The molecule has 1 aliphatic carbocycles. The van der Waals surface area contributed by atoms with E-state index in [1.54, 1.807) is 18.5 Å². The quantitative estimate of drug-likeness (QED) is 0.561. The van der Waals surface area contributed by atoms with Crippen molar-refractivity contribution >= 4 is 12.2 Å². The molecule has 13 heavy (non-hydrogen) atoms. The maximum Gasteiger partial charge on any atom is 0.243 e. The summed E-state index contributed by atoms with van der Waals surface area (Å²) >= 11 is 0. The van der Waals surface area contributed by atoms with Gasteiger partial charge in [-0.25, -0.2) is 15.4 Å². The van der Waals surface area contributed by atoms with Crippen molar-refractivity contribution in [2.45, 2.75) is 13.3 Å². The number of nitrogens with zero attached hydrogens (tertiary/aromatic N) is 3. The highest BCUT2D eigenvalue weighted by Gasteiger charge is 2.30. The molecular formula is C9H12N4. The van der Waals surface area contributed by atoms with E-state index >= 15 is 0 Å². The predicted molar refractivity (Wildman–Crippen MR) is 51.4 cm³/mol. The molecule has 1 aromatic heterocycles. The molecule has 0 aromatic carbocycles. The Bertz CT molecular complexity index is 296. The monoisotopic (exact) mass is 176 g/mol. The molecule has 0 saturated heterocycles. The second kappa shape index (κ2) is 3.51. The molecule has 2 unspecified atom stereocenters. The van der Waals surface area contributed by atoms with Gasteiger partial charge in [-0.3, -0.25) is 0 Å². The Balaban J connectivity index is 1.83. The zero-order chi connectivity index (χ0) is 9.10. The number of rotatable bonds is 3. The van der Waals surface area contributed by atoms with Gasteiger partial charge in [0.2, 0.25) is 5.95 Å². The number of hydrogen-bond acceptors (Lipinski definition) is 4. The van der Waals surface area contributed by atoms with Gasteiger partial charge in [0.1, 0.15) is 0 Å². The van der Waals surface area contributed by atoms with E-state index in [0.29, 0.717) is 11.9 Å². The number of nitrogens with one attached hydrogen (secondary N) is 1. The first-order valence-corrected chi connectivity index (χ1v) is 4.42. The highest BCUT2D eigenvalue weighted by molar-refractivity contribution is 5.65. The molecular weight excluding hydrogens is 164 g/mol. The normalized spacial score (nSPS) is 26.2. The van der Waals surface area contributed by atoms with Crippen molar-refractivity contribution in [3.63, 3.8) is 0 Å². The highest BCUT2D eigenvalue weighted by atomic mass is 15.3. The van der Waals surface area contributed by atoms with Crippen LogP contribution in [0.25, 0.3) is 0 Å². The first-order chi connectivity index (χ1) is 6.36. The van der Waals surface area contributed by atoms with Gasteiger partial charge in [-0.1, -0.05) is 6.92 Å². The first-order valence-electron chi connectivity index (χ1n) is 4.42. The summed E-state index contributed by atoms with van der Waals surface area (Å²) in [7, 11) is 0. The molecule has 0 spiro atoms. The second-order valence-electron chi connectivity index (χ2n) is 3.34. The molecule has 4 heteroatoms. The van der Waals surface area contributed by atoms with E-state index in [9.17, 15) is 0 Å². The van der Waals surface area contributed by atoms with Gasteiger partial charge in [0.25, 0.3) is 0 Å². The summed E-state index contributed by atoms with van der Waals surface area (Å²) in [5, 5.41) is 4.05. The molecule has 1 heterocycles. The Labute approximate surface area is 77.1 Å². The van der Waals surface area contributed by atoms with E-state index in [4.69, 9.17) is 0 Å². The molecule has 2 rings (SSSR count). The van der Waals surface area contributed by atoms with Crippen LogP contribution in [-0.4, -0.2) is 16.2 Å². The molecule has 1 fully saturated rings. The fourth-order valence-electron chi connectivity index (χ4n) is 1.11. The van der Waals surface area contributed by atoms with Crippen LogP contribution in [0.3, 0.4) is 0 Å². The van der Waals surface area contributed by atoms with Gasteiger partial charge in [-0.15, -0.1) is 0 Å². The van der Waals surface area contributed by atoms with E-state index in [0.717, 1.165) is 5.92 Å². The molecule has 1 aromatic rings. The molecule has 1 saturated carbocycles. The minimum atomic E-state index is 0.548. The lowest BCUT2D eigenvalue weighted by molar-refractivity contribution is 0.932. The van der Waals surface area contributed by atoms with Gasteiger partial charge in [0, 0.05) is 18.6 Å². The van der Waals surface area contributed by atoms with Crippen molar-refractivity contribution in [3.8, 4) is 0 Å². The van der Waals surface area contributed by atoms with Crippen LogP contribution in [-0.2, 0) is 0 Å². The number of aromatic nitrogens is 2. The summed E-state index contributed by atoms with van der Waals surface area (Å²) in [6, 6.07) is 1.78. The Morgan fingerprint density at radius 3 is 2.85 bits per heavy atom. The molecule has 0 radical (unpaired) electrons. The van der Waals surface area contributed by atoms with Crippen LogP contribution in [0.5, 0.6) is 0 Å². The average Bonchev–Trinajstić information content (AvgIpc) is 2.84. The summed E-state index contributed by atoms with van der Waals surface area (Å²) in [5.74, 6) is 1.99. The van der Waals surface area contributed by atoms with Crippen molar-refractivity contribution in [3.05, 3.63) is 18.5 Å². The fourth-order valence-corrected chi connectivity index (χ4v) is 1.11. The molecule has 1 aliphatic rings. The van der Waals surface area contributed by atoms with Crippen LogP contribution < -0.4 is 5.43 Å². The van der Waals surface area contributed by atoms with Crippen LogP contribution in [0.2, 0.25) is 0 Å². The van der Waals surface area contributed by atoms with Crippen LogP contribution in [0.15, 0.2) is 23.6 Å². The minimum absolute atomic E-state index is 0.548. The third kappa shape index (κ3) is 2.24. The smallest absolute Gasteiger partial charge is 0.243 e. The van der Waals surface area contributed by atoms with Crippen molar-refractivity contribution in [1.82, 2.24) is 9.97 Å². The van der Waals surface area contributed by atoms with E-state index in [2.05, 4.69) is 27.4 Å². The zero-order valence-electron chi connectivity index (χ0n) is 7.51. The third-order valence-electron chi connectivity index (χ3n) is 2.17. The Morgan fingerprint density at radius 1 is 1.54 bits per heavy atom. The predicted octanol–water partition coefficient (Wildman–Crippen LogP) is 1.53. The topological polar surface area (TPSA) is 50.2 Å². The zero-order valence-corrected chi connectivity index (χ0v) is 7.51. The molecule has 68 valence electrons. The lowest BCUT2D eigenvalue weighted by Crippen LogP contribution is -1.95. The second-order valence-corrected chi connectivity index (χ2v) is 3.34. The molecule has 1 N–H and O–H groups in total. The van der Waals surface area contributed by atoms with Crippen molar-refractivity contribution in [2.75, 3.05) is 5.43 Å². The van der Waals surface area contributed by atoms with E-state index in [-0.39, 0.29) is 0 Å². The van der Waals surface area contributed by atoms with Gasteiger partial charge in [-0.2, -0.15) is 5.10 Å². The van der Waals surface area contributed by atoms with Gasteiger partial charge in [-0.05, 0) is 24.3 Å². The lowest BCUT2D eigenvalue weighted by Gasteiger charge is -1.94. The number of hydrazone groups is 1. The van der Waals surface area contributed by atoms with Crippen molar-refractivity contribution in [2.24, 2.45) is 16.9 Å². The number of anilines is 1. The summed E-state index contributed by atoms with van der Waals surface area (Å²) in [5.41, 5.74) is 2.78. The molecule has 0 amide bonds. The van der Waals surface area contributed by atoms with Crippen LogP contribution in [0, 0.1) is 11.8 Å². The van der Waals surface area contributed by atoms with Gasteiger partial charge < -0.3 is 0 Å². The first kappa shape index (κ1) is 8.16. The van der Waals surface area contributed by atoms with Crippen LogP contribution >= 0.6 is 0 Å². The SMILES string of the molecule is CC1CC1/C=N/Nc1ncccn1. The van der Waals surface area contributed by atoms with Gasteiger partial charge in [0.15, 0.2) is 0 Å². The summed E-state index contributed by atoms with van der Waals surface area (Å²) < 4.78 is 0. The van der Waals surface area contributed by atoms with Crippen molar-refractivity contribution in [1.29, 1.82) is 0 Å². The third-order valence-corrected chi connectivity index (χ3v) is 2.17. The van der Waals surface area contributed by atoms with E-state index < -0.39 is 0 Å². The Kier molecular flexibility index (Phi) is 2.21. The Morgan fingerprint density at radius 2 is 2.23 bits per heavy atom. The van der Waals surface area contributed by atoms with Crippen molar-refractivity contribution < 1.29 is 0 Å². The maximum atomic E-state index is 4.05. The largest absolute Gasteiger partial charge is 0.246 e. The minimum Gasteiger partial charge on any atom is -0.246 e. The van der Waals surface area contributed by atoms with Crippen LogP contribution in [0.1, 0.15) is 13.3 Å². The van der Waals surface area contributed by atoms with E-state index in [1.807, 2.05) is 6.21 Å². The standard InChI is InChI=1S/C9H12N4/c1-7-5-8(7)6-12-13-9-10-3-2-4-11-9/h2-4,6-8H,5H2,1H3,(H,10,11,13)/b12-6+. The maximum absolute atomic E-state index is 4.05. The average molecular weight is 176 g/mol. The van der Waals surface area contributed by atoms with E-state index in [1.165, 1.54) is 6.42 Å². The van der Waals surface area contributed by atoms with Gasteiger partial charge in [0.05, 0.1) is 0 Å². The molecule has 0 aliphatic heterocycles. The summed E-state index contributed by atoms with van der Waals surface area (Å²) in [6.07, 6.45) is 6.55. The van der Waals surface area contributed by atoms with Gasteiger partial charge >= 0.3 is 0 Å². The lowest BCUT2D eigenvalue weighted by atomic mass is 10.4. The molecule has 2 atom stereocenters. The summed E-state index contributed by atoms with van der Waals surface area (Å²) in [4.78, 5) is 7.96.